The van der Waals surface area contributed by atoms with Crippen molar-refractivity contribution < 1.29 is 4.12 Å². The normalized spacial score (nSPS) is 6.60. The van der Waals surface area contributed by atoms with Crippen molar-refractivity contribution in [1.82, 2.24) is 0 Å². The van der Waals surface area contributed by atoms with Crippen LogP contribution in [0.2, 0.25) is 0 Å². The van der Waals surface area contributed by atoms with Crippen molar-refractivity contribution in [3.8, 4) is 0 Å². The van der Waals surface area contributed by atoms with E-state index in [2.05, 4.69) is 0 Å². The Bertz CT molecular complexity index is 8.85. The van der Waals surface area contributed by atoms with Gasteiger partial charge in [-0.25, -0.2) is 0 Å². The van der Waals surface area contributed by atoms with Gasteiger partial charge in [0.05, 0.1) is 0 Å². The van der Waals surface area contributed by atoms with Crippen LogP contribution >= 0.6 is 0 Å². The third-order valence-corrected chi connectivity index (χ3v) is 4.50. The third-order valence-electron chi connectivity index (χ3n) is 0.167. The minimum absolute atomic E-state index is 0. The molecule has 0 saturated heterocycles. The quantitative estimate of drug-likeness (QED) is 0.378. The van der Waals surface area contributed by atoms with Crippen molar-refractivity contribution in [2.24, 2.45) is 0 Å². The summed E-state index contributed by atoms with van der Waals surface area (Å²) in [6.07, 6.45) is 0. The molecule has 0 N–H and O–H groups in total. The Morgan fingerprint density at radius 2 is 2.00 bits per heavy atom. The molecule has 0 aromatic rings. The van der Waals surface area contributed by atoms with E-state index in [0.29, 0.717) is 9.28 Å². The summed E-state index contributed by atoms with van der Waals surface area (Å²) in [5.41, 5.74) is 0. The molecule has 30 valence electrons. The predicted octanol–water partition coefficient (Wildman–Crippen LogP) is -3.73. The van der Waals surface area contributed by atoms with Crippen LogP contribution in [-0.4, -0.2) is 47.1 Å². The first-order valence-electron chi connectivity index (χ1n) is 1.10. The van der Waals surface area contributed by atoms with Gasteiger partial charge in [-0.2, -0.15) is 0 Å². The molecule has 0 bridgehead atoms. The molecule has 5 heteroatoms. The molecular weight excluding hydrogens is 173 g/mol. The average molecular weight is 181 g/mol. The fourth-order valence-electron chi connectivity index (χ4n) is 0. The number of hydrogen-bond acceptors (Lipinski definition) is 1. The second kappa shape index (κ2) is 8.94. The summed E-state index contributed by atoms with van der Waals surface area (Å²) in [5.74, 6) is 0. The molecule has 0 unspecified atom stereocenters. The van der Waals surface area contributed by atoms with Crippen LogP contribution in [0, 0.1) is 0 Å². The standard InChI is InChI=1S/GeH2.H6OSi3/c;2-1-4-3/h1H2;4H,2H2,3H3. The maximum absolute atomic E-state index is 4.71. The molecule has 1 nitrogen and oxygen atoms in total. The Morgan fingerprint density at radius 1 is 1.80 bits per heavy atom. The van der Waals surface area contributed by atoms with Gasteiger partial charge in [-0.3, -0.25) is 0 Å². The molecule has 4 radical (unpaired) electrons. The second-order valence-corrected chi connectivity index (χ2v) is 3.62. The van der Waals surface area contributed by atoms with Crippen molar-refractivity contribution in [2.75, 3.05) is 0 Å². The van der Waals surface area contributed by atoms with Gasteiger partial charge >= 0.3 is 17.6 Å². The Morgan fingerprint density at radius 3 is 2.00 bits per heavy atom. The van der Waals surface area contributed by atoms with Gasteiger partial charge in [0.15, 0.2) is 19.8 Å². The zero-order valence-electron chi connectivity index (χ0n) is 3.40. The minimum Gasteiger partial charge on any atom is -0.466 e. The van der Waals surface area contributed by atoms with E-state index in [0.717, 1.165) is 0 Å². The van der Waals surface area contributed by atoms with E-state index in [4.69, 9.17) is 4.12 Å². The Labute approximate surface area is 51.5 Å². The fourth-order valence-corrected chi connectivity index (χ4v) is 0. The Balaban J connectivity index is 0. The zero-order valence-corrected chi connectivity index (χ0v) is 10.9. The van der Waals surface area contributed by atoms with Crippen LogP contribution in [0.5, 0.6) is 0 Å². The maximum Gasteiger partial charge on any atom is 0.157 e. The molecule has 0 aliphatic rings. The molecule has 0 heterocycles. The molecule has 0 aromatic heterocycles. The van der Waals surface area contributed by atoms with Crippen molar-refractivity contribution in [3.63, 3.8) is 0 Å². The Kier molecular flexibility index (Phi) is 16.9. The number of hydrogen-bond donors (Lipinski definition) is 0. The summed E-state index contributed by atoms with van der Waals surface area (Å²) in [5, 5.41) is 0. The summed E-state index contributed by atoms with van der Waals surface area (Å²) in [6.45, 7) is 0. The van der Waals surface area contributed by atoms with Crippen molar-refractivity contribution in [1.29, 1.82) is 0 Å². The van der Waals surface area contributed by atoms with Crippen LogP contribution in [0.1, 0.15) is 0 Å². The number of rotatable bonds is 1. The third kappa shape index (κ3) is 11.1. The van der Waals surface area contributed by atoms with E-state index in [-0.39, 0.29) is 17.6 Å². The SMILES string of the molecule is [GeH2].[SiH2]O[SiH][SiH3]. The van der Waals surface area contributed by atoms with E-state index in [1.54, 1.807) is 10.5 Å². The van der Waals surface area contributed by atoms with Crippen LogP contribution < -0.4 is 0 Å². The van der Waals surface area contributed by atoms with Gasteiger partial charge < -0.3 is 4.12 Å². The van der Waals surface area contributed by atoms with Crippen LogP contribution in [0.4, 0.5) is 0 Å². The van der Waals surface area contributed by atoms with E-state index in [1.807, 2.05) is 0 Å². The first kappa shape index (κ1) is 9.47. The van der Waals surface area contributed by atoms with Crippen LogP contribution in [0.3, 0.4) is 0 Å². The predicted molar refractivity (Wildman–Crippen MR) is 35.3 cm³/mol. The molecule has 0 aromatic carbocycles. The topological polar surface area (TPSA) is 9.23 Å². The summed E-state index contributed by atoms with van der Waals surface area (Å²) in [7, 11) is 3.29. The van der Waals surface area contributed by atoms with E-state index in [1.165, 1.54) is 9.76 Å². The average Bonchev–Trinajstić information content (AvgIpc) is 1.37. The molecule has 0 fully saturated rings. The van der Waals surface area contributed by atoms with Crippen molar-refractivity contribution in [2.45, 2.75) is 0 Å². The Hall–Kier alpha value is 1.15. The molecule has 0 atom stereocenters. The van der Waals surface area contributed by atoms with Gasteiger partial charge in [-0.1, -0.05) is 0 Å². The molecule has 0 spiro atoms. The zero-order chi connectivity index (χ0) is 3.41. The summed E-state index contributed by atoms with van der Waals surface area (Å²) in [4.78, 5) is 0. The molecule has 0 amide bonds. The fraction of sp³-hybridized carbons (Fsp3) is 0. The van der Waals surface area contributed by atoms with Gasteiger partial charge in [0, 0.05) is 9.76 Å². The minimum atomic E-state index is 0. The summed E-state index contributed by atoms with van der Waals surface area (Å²) in [6, 6.07) is 0. The first-order valence-corrected chi connectivity index (χ1v) is 6.77. The van der Waals surface area contributed by atoms with Crippen molar-refractivity contribution >= 4 is 47.1 Å². The molecule has 0 aliphatic carbocycles. The molecule has 5 heavy (non-hydrogen) atoms. The second-order valence-electron chi connectivity index (χ2n) is 0.402. The molecular formula is H8GeOSi3. The van der Waals surface area contributed by atoms with Gasteiger partial charge in [-0.15, -0.1) is 0 Å². The summed E-state index contributed by atoms with van der Waals surface area (Å²) < 4.78 is 4.71. The summed E-state index contributed by atoms with van der Waals surface area (Å²) >= 11 is 0. The van der Waals surface area contributed by atoms with E-state index >= 15 is 0 Å². The molecule has 0 aliphatic heterocycles. The largest absolute Gasteiger partial charge is 0.466 e. The maximum atomic E-state index is 4.71. The van der Waals surface area contributed by atoms with Crippen molar-refractivity contribution in [3.05, 3.63) is 0 Å². The van der Waals surface area contributed by atoms with Gasteiger partial charge in [-0.05, 0) is 0 Å². The van der Waals surface area contributed by atoms with E-state index < -0.39 is 0 Å². The van der Waals surface area contributed by atoms with Crippen LogP contribution in [0.15, 0.2) is 0 Å². The van der Waals surface area contributed by atoms with E-state index in [9.17, 15) is 0 Å². The van der Waals surface area contributed by atoms with Crippen LogP contribution in [-0.2, 0) is 4.12 Å². The first-order chi connectivity index (χ1) is 1.91. The van der Waals surface area contributed by atoms with Gasteiger partial charge in [0.25, 0.3) is 0 Å². The smallest absolute Gasteiger partial charge is 0.157 e. The van der Waals surface area contributed by atoms with Crippen LogP contribution in [0.25, 0.3) is 0 Å². The van der Waals surface area contributed by atoms with Gasteiger partial charge in [0.1, 0.15) is 0 Å². The monoisotopic (exact) mass is 182 g/mol. The van der Waals surface area contributed by atoms with Gasteiger partial charge in [0.2, 0.25) is 0 Å². The molecule has 0 saturated carbocycles. The molecule has 0 rings (SSSR count).